The van der Waals surface area contributed by atoms with Gasteiger partial charge in [-0.2, -0.15) is 5.10 Å². The van der Waals surface area contributed by atoms with Crippen LogP contribution in [0.1, 0.15) is 24.3 Å². The van der Waals surface area contributed by atoms with Gasteiger partial charge in [0.1, 0.15) is 5.71 Å². The van der Waals surface area contributed by atoms with Gasteiger partial charge in [-0.25, -0.2) is 4.79 Å². The normalized spacial score (nSPS) is 17.3. The summed E-state index contributed by atoms with van der Waals surface area (Å²) in [6.07, 6.45) is 0.484. The van der Waals surface area contributed by atoms with Gasteiger partial charge in [-0.05, 0) is 36.6 Å². The summed E-state index contributed by atoms with van der Waals surface area (Å²) in [6.45, 7) is 2.10. The summed E-state index contributed by atoms with van der Waals surface area (Å²) in [4.78, 5) is 13.2. The van der Waals surface area contributed by atoms with Crippen LogP contribution in [0.4, 0.5) is 5.69 Å². The number of hydrogen-bond acceptors (Lipinski definition) is 5. The molecule has 7 heteroatoms. The Balaban J connectivity index is 1.99. The van der Waals surface area contributed by atoms with Crippen LogP contribution < -0.4 is 5.01 Å². The molecule has 0 bridgehead atoms. The second kappa shape index (κ2) is 6.91. The predicted molar refractivity (Wildman–Crippen MR) is 94.7 cm³/mol. The third-order valence-corrected chi connectivity index (χ3v) is 4.96. The molecule has 0 aliphatic carbocycles. The monoisotopic (exact) mass is 368 g/mol. The Morgan fingerprint density at radius 3 is 2.91 bits per heavy atom. The minimum absolute atomic E-state index is 0.0759. The Kier molecular flexibility index (Phi) is 4.90. The third kappa shape index (κ3) is 3.37. The van der Waals surface area contributed by atoms with Crippen molar-refractivity contribution in [3.8, 4) is 0 Å². The van der Waals surface area contributed by atoms with E-state index in [0.29, 0.717) is 34.5 Å². The fourth-order valence-electron chi connectivity index (χ4n) is 2.44. The average molecular weight is 369 g/mol. The van der Waals surface area contributed by atoms with Crippen LogP contribution >= 0.6 is 34.5 Å². The Hall–Kier alpha value is -1.56. The molecule has 4 nitrogen and oxygen atoms in total. The molecule has 120 valence electrons. The van der Waals surface area contributed by atoms with Gasteiger partial charge in [0.2, 0.25) is 0 Å². The molecule has 1 unspecified atom stereocenters. The highest BCUT2D eigenvalue weighted by atomic mass is 35.5. The topological polar surface area (TPSA) is 41.9 Å². The van der Waals surface area contributed by atoms with Crippen LogP contribution in [0, 0.1) is 0 Å². The zero-order valence-corrected chi connectivity index (χ0v) is 14.7. The van der Waals surface area contributed by atoms with Gasteiger partial charge in [-0.3, -0.25) is 5.01 Å². The van der Waals surface area contributed by atoms with Gasteiger partial charge in [0.25, 0.3) is 0 Å². The first kappa shape index (κ1) is 16.3. The highest BCUT2D eigenvalue weighted by Crippen LogP contribution is 2.40. The van der Waals surface area contributed by atoms with E-state index < -0.39 is 0 Å². The van der Waals surface area contributed by atoms with Crippen molar-refractivity contribution in [1.82, 2.24) is 0 Å². The molecule has 2 aromatic rings. The zero-order valence-electron chi connectivity index (χ0n) is 12.3. The molecule has 0 saturated heterocycles. The van der Waals surface area contributed by atoms with Crippen molar-refractivity contribution in [3.63, 3.8) is 0 Å². The van der Waals surface area contributed by atoms with Crippen LogP contribution in [0.25, 0.3) is 0 Å². The Morgan fingerprint density at radius 2 is 2.26 bits per heavy atom. The molecule has 23 heavy (non-hydrogen) atoms. The van der Waals surface area contributed by atoms with Crippen LogP contribution in [0.2, 0.25) is 10.0 Å². The van der Waals surface area contributed by atoms with Crippen molar-refractivity contribution in [2.75, 3.05) is 11.6 Å². The van der Waals surface area contributed by atoms with Gasteiger partial charge in [0, 0.05) is 16.3 Å². The lowest BCUT2D eigenvalue weighted by molar-refractivity contribution is -0.135. The highest BCUT2D eigenvalue weighted by Gasteiger charge is 2.34. The molecule has 2 heterocycles. The number of carbonyl (C=O) groups excluding carboxylic acids is 1. The van der Waals surface area contributed by atoms with E-state index in [9.17, 15) is 4.79 Å². The number of ether oxygens (including phenoxy) is 1. The quantitative estimate of drug-likeness (QED) is 0.718. The molecule has 0 N–H and O–H groups in total. The minimum Gasteiger partial charge on any atom is -0.461 e. The van der Waals surface area contributed by atoms with Crippen molar-refractivity contribution in [2.45, 2.75) is 19.4 Å². The number of anilines is 1. The fourth-order valence-corrected chi connectivity index (χ4v) is 3.75. The van der Waals surface area contributed by atoms with Gasteiger partial charge in [0.15, 0.2) is 0 Å². The standard InChI is InChI=1S/C16H14Cl2N2O2S/c1-2-22-16(21)12-9-14(15-4-3-7-23-15)20(19-12)13-6-5-10(17)8-11(13)18/h3-8,14H,2,9H2,1H3. The van der Waals surface area contributed by atoms with Crippen molar-refractivity contribution < 1.29 is 9.53 Å². The van der Waals surface area contributed by atoms with E-state index in [2.05, 4.69) is 5.10 Å². The Morgan fingerprint density at radius 1 is 1.43 bits per heavy atom. The number of esters is 1. The first-order chi connectivity index (χ1) is 11.1. The maximum absolute atomic E-state index is 12.0. The lowest BCUT2D eigenvalue weighted by Gasteiger charge is -2.23. The molecule has 1 atom stereocenters. The summed E-state index contributed by atoms with van der Waals surface area (Å²) < 4.78 is 5.08. The van der Waals surface area contributed by atoms with Crippen LogP contribution in [0.3, 0.4) is 0 Å². The number of carbonyl (C=O) groups is 1. The van der Waals surface area contributed by atoms with Crippen LogP contribution in [-0.4, -0.2) is 18.3 Å². The molecule has 0 fully saturated rings. The molecule has 1 aromatic carbocycles. The van der Waals surface area contributed by atoms with E-state index in [-0.39, 0.29) is 12.0 Å². The molecule has 0 spiro atoms. The summed E-state index contributed by atoms with van der Waals surface area (Å²) in [5.41, 5.74) is 1.12. The lowest BCUT2D eigenvalue weighted by atomic mass is 10.1. The summed E-state index contributed by atoms with van der Waals surface area (Å²) in [6, 6.07) is 9.16. The summed E-state index contributed by atoms with van der Waals surface area (Å²) >= 11 is 13.9. The second-order valence-electron chi connectivity index (χ2n) is 4.94. The largest absolute Gasteiger partial charge is 0.461 e. The number of nitrogens with zero attached hydrogens (tertiary/aromatic N) is 2. The van der Waals surface area contributed by atoms with Crippen molar-refractivity contribution in [3.05, 3.63) is 50.6 Å². The molecule has 0 radical (unpaired) electrons. The summed E-state index contributed by atoms with van der Waals surface area (Å²) in [5, 5.41) is 9.28. The van der Waals surface area contributed by atoms with Gasteiger partial charge in [0.05, 0.1) is 23.4 Å². The predicted octanol–water partition coefficient (Wildman–Crippen LogP) is 4.93. The molecular weight excluding hydrogens is 355 g/mol. The molecule has 0 amide bonds. The molecule has 1 aromatic heterocycles. The molecule has 1 aliphatic heterocycles. The van der Waals surface area contributed by atoms with Gasteiger partial charge >= 0.3 is 5.97 Å². The van der Waals surface area contributed by atoms with Crippen molar-refractivity contribution >= 4 is 51.9 Å². The second-order valence-corrected chi connectivity index (χ2v) is 6.77. The Labute approximate surface area is 148 Å². The molecular formula is C16H14Cl2N2O2S. The number of hydrogen-bond donors (Lipinski definition) is 0. The Bertz CT molecular complexity index is 747. The van der Waals surface area contributed by atoms with E-state index >= 15 is 0 Å². The summed E-state index contributed by atoms with van der Waals surface area (Å²) in [5.74, 6) is -0.387. The summed E-state index contributed by atoms with van der Waals surface area (Å²) in [7, 11) is 0. The van der Waals surface area contributed by atoms with E-state index in [0.717, 1.165) is 4.88 Å². The van der Waals surface area contributed by atoms with Crippen LogP contribution in [0.5, 0.6) is 0 Å². The third-order valence-electron chi connectivity index (χ3n) is 3.45. The zero-order chi connectivity index (χ0) is 16.4. The van der Waals surface area contributed by atoms with Crippen LogP contribution in [-0.2, 0) is 9.53 Å². The maximum atomic E-state index is 12.0. The van der Waals surface area contributed by atoms with Gasteiger partial charge in [-0.15, -0.1) is 11.3 Å². The SMILES string of the molecule is CCOC(=O)C1=NN(c2ccc(Cl)cc2Cl)C(c2cccs2)C1. The van der Waals surface area contributed by atoms with Crippen molar-refractivity contribution in [1.29, 1.82) is 0 Å². The molecule has 0 saturated carbocycles. The minimum atomic E-state index is -0.387. The smallest absolute Gasteiger partial charge is 0.354 e. The van der Waals surface area contributed by atoms with Crippen molar-refractivity contribution in [2.24, 2.45) is 5.10 Å². The highest BCUT2D eigenvalue weighted by molar-refractivity contribution is 7.10. The van der Waals surface area contributed by atoms with E-state index in [4.69, 9.17) is 27.9 Å². The average Bonchev–Trinajstić information content (AvgIpc) is 3.16. The lowest BCUT2D eigenvalue weighted by Crippen LogP contribution is -2.18. The fraction of sp³-hybridized carbons (Fsp3) is 0.250. The molecule has 3 rings (SSSR count). The van der Waals surface area contributed by atoms with Crippen LogP contribution in [0.15, 0.2) is 40.8 Å². The van der Waals surface area contributed by atoms with E-state index in [1.807, 2.05) is 23.6 Å². The molecule has 1 aliphatic rings. The number of benzene rings is 1. The first-order valence-corrected chi connectivity index (χ1v) is 8.76. The van der Waals surface area contributed by atoms with E-state index in [1.165, 1.54) is 0 Å². The first-order valence-electron chi connectivity index (χ1n) is 7.12. The van der Waals surface area contributed by atoms with E-state index in [1.54, 1.807) is 35.4 Å². The number of thiophene rings is 1. The number of hydrazone groups is 1. The van der Waals surface area contributed by atoms with Gasteiger partial charge < -0.3 is 4.74 Å². The maximum Gasteiger partial charge on any atom is 0.354 e. The number of halogens is 2. The number of rotatable bonds is 4. The van der Waals surface area contributed by atoms with Gasteiger partial charge in [-0.1, -0.05) is 29.3 Å².